The Morgan fingerprint density at radius 1 is 1.12 bits per heavy atom. The predicted molar refractivity (Wildman–Crippen MR) is 136 cm³/mol. The predicted octanol–water partition coefficient (Wildman–Crippen LogP) is 5.10. The summed E-state index contributed by atoms with van der Waals surface area (Å²) in [4.78, 5) is 30.7. The van der Waals surface area contributed by atoms with Gasteiger partial charge in [0.05, 0.1) is 12.2 Å². The zero-order chi connectivity index (χ0) is 25.4. The molecular weight excluding hydrogens is 454 g/mol. The van der Waals surface area contributed by atoms with Crippen LogP contribution in [0.1, 0.15) is 60.1 Å². The number of H-pyrrole nitrogens is 1. The zero-order valence-corrected chi connectivity index (χ0v) is 24.0. The lowest BCUT2D eigenvalue weighted by atomic mass is 10.2. The lowest BCUT2D eigenvalue weighted by Gasteiger charge is -2.39. The molecule has 8 nitrogen and oxygen atoms in total. The molecule has 2 rings (SSSR count). The minimum Gasteiger partial charge on any atom is -0.545 e. The number of rotatable bonds is 7. The van der Waals surface area contributed by atoms with Crippen LogP contribution in [0, 0.1) is 0 Å². The molecule has 0 spiro atoms. The average molecular weight is 496 g/mol. The number of carbonyl (C=O) groups excluding carboxylic acids is 1. The molecule has 0 aromatic carbocycles. The molecule has 1 aliphatic rings. The van der Waals surface area contributed by atoms with Crippen LogP contribution in [0.2, 0.25) is 36.3 Å². The van der Waals surface area contributed by atoms with Crippen molar-refractivity contribution in [3.63, 3.8) is 0 Å². The number of aromatic amines is 1. The number of hydrogen-bond donors (Lipinski definition) is 2. The first-order valence-electron chi connectivity index (χ1n) is 11.4. The van der Waals surface area contributed by atoms with Gasteiger partial charge in [0.15, 0.2) is 8.32 Å². The van der Waals surface area contributed by atoms with Crippen LogP contribution < -0.4 is 10.9 Å². The van der Waals surface area contributed by atoms with Crippen molar-refractivity contribution < 1.29 is 18.4 Å². The van der Waals surface area contributed by atoms with Gasteiger partial charge in [-0.25, -0.2) is 4.98 Å². The molecular formula is C23H41N3O5Si2. The van der Waals surface area contributed by atoms with Crippen molar-refractivity contribution in [3.05, 3.63) is 33.9 Å². The standard InChI is InChI=1S/C23H41N3O5Si2/c1-15(27)25-21-24-13-16(20(28)26-21)17-12-18(31-33(10,11)23(5,6)7)19(30-17)14-29-32(8,9)22(2,3)4/h12-13,17,19H,14H2,1-11H3,(H2,24,25,26,27,28)/t17-,19-/m1/s1. The smallest absolute Gasteiger partial charge is 0.258 e. The number of carbonyl (C=O) groups is 1. The van der Waals surface area contributed by atoms with Crippen molar-refractivity contribution in [3.8, 4) is 0 Å². The van der Waals surface area contributed by atoms with Crippen molar-refractivity contribution in [1.29, 1.82) is 0 Å². The molecule has 0 saturated heterocycles. The molecule has 1 amide bonds. The molecule has 0 bridgehead atoms. The second kappa shape index (κ2) is 9.48. The third kappa shape index (κ3) is 6.65. The van der Waals surface area contributed by atoms with Gasteiger partial charge in [0, 0.05) is 13.1 Å². The summed E-state index contributed by atoms with van der Waals surface area (Å²) in [7, 11) is -4.14. The summed E-state index contributed by atoms with van der Waals surface area (Å²) in [5, 5.41) is 2.56. The van der Waals surface area contributed by atoms with Gasteiger partial charge in [0.25, 0.3) is 5.56 Å². The highest BCUT2D eigenvalue weighted by atomic mass is 28.4. The van der Waals surface area contributed by atoms with E-state index in [1.807, 2.05) is 6.08 Å². The van der Waals surface area contributed by atoms with E-state index in [1.54, 1.807) is 0 Å². The number of aromatic nitrogens is 2. The quantitative estimate of drug-likeness (QED) is 0.511. The minimum absolute atomic E-state index is 0.00972. The van der Waals surface area contributed by atoms with E-state index in [9.17, 15) is 9.59 Å². The summed E-state index contributed by atoms with van der Waals surface area (Å²) >= 11 is 0. The SMILES string of the molecule is CC(=O)Nc1ncc([C@H]2C=C(O[Si](C)(C)C(C)(C)C)[C@@H](CO[Si](C)(C)C(C)(C)C)O2)c(=O)[nH]1. The molecule has 1 aromatic rings. The molecule has 10 heteroatoms. The number of hydrogen-bond acceptors (Lipinski definition) is 6. The largest absolute Gasteiger partial charge is 0.545 e. The fourth-order valence-electron chi connectivity index (χ4n) is 2.71. The number of ether oxygens (including phenoxy) is 1. The summed E-state index contributed by atoms with van der Waals surface area (Å²) in [5.74, 6) is 0.514. The Labute approximate surface area is 199 Å². The molecule has 2 N–H and O–H groups in total. The van der Waals surface area contributed by atoms with Crippen molar-refractivity contribution in [1.82, 2.24) is 9.97 Å². The van der Waals surface area contributed by atoms with Gasteiger partial charge < -0.3 is 13.6 Å². The Bertz CT molecular complexity index is 958. The molecule has 0 radical (unpaired) electrons. The first kappa shape index (κ1) is 27.5. The second-order valence-electron chi connectivity index (χ2n) is 11.7. The van der Waals surface area contributed by atoms with Crippen molar-refractivity contribution in [2.75, 3.05) is 11.9 Å². The summed E-state index contributed by atoms with van der Waals surface area (Å²) in [5.41, 5.74) is -0.0112. The van der Waals surface area contributed by atoms with Crippen molar-refractivity contribution in [2.45, 2.75) is 96.9 Å². The van der Waals surface area contributed by atoms with Crippen LogP contribution in [0.15, 0.2) is 22.8 Å². The van der Waals surface area contributed by atoms with E-state index < -0.39 is 28.8 Å². The number of anilines is 1. The molecule has 186 valence electrons. The van der Waals surface area contributed by atoms with Crippen LogP contribution in [0.3, 0.4) is 0 Å². The maximum atomic E-state index is 12.7. The Morgan fingerprint density at radius 3 is 2.18 bits per heavy atom. The second-order valence-corrected chi connectivity index (χ2v) is 21.3. The molecule has 1 aliphatic heterocycles. The highest BCUT2D eigenvalue weighted by Gasteiger charge is 2.44. The van der Waals surface area contributed by atoms with Crippen LogP contribution in [-0.2, 0) is 18.4 Å². The maximum Gasteiger partial charge on any atom is 0.258 e. The van der Waals surface area contributed by atoms with Gasteiger partial charge >= 0.3 is 0 Å². The van der Waals surface area contributed by atoms with Gasteiger partial charge in [0.1, 0.15) is 18.0 Å². The van der Waals surface area contributed by atoms with Gasteiger partial charge in [-0.3, -0.25) is 19.9 Å². The molecule has 2 atom stereocenters. The van der Waals surface area contributed by atoms with Gasteiger partial charge in [-0.05, 0) is 42.3 Å². The maximum absolute atomic E-state index is 12.7. The van der Waals surface area contributed by atoms with E-state index in [0.717, 1.165) is 5.76 Å². The molecule has 33 heavy (non-hydrogen) atoms. The lowest BCUT2D eigenvalue weighted by Crippen LogP contribution is -2.44. The van der Waals surface area contributed by atoms with Gasteiger partial charge in [-0.1, -0.05) is 41.5 Å². The van der Waals surface area contributed by atoms with Crippen LogP contribution in [-0.4, -0.2) is 45.2 Å². The molecule has 1 aromatic heterocycles. The molecule has 0 fully saturated rings. The summed E-state index contributed by atoms with van der Waals surface area (Å²) < 4.78 is 19.3. The summed E-state index contributed by atoms with van der Waals surface area (Å²) in [6, 6.07) is 0. The topological polar surface area (TPSA) is 103 Å². The number of nitrogens with one attached hydrogen (secondary N) is 2. The van der Waals surface area contributed by atoms with E-state index in [0.29, 0.717) is 12.2 Å². The van der Waals surface area contributed by atoms with Gasteiger partial charge in [0.2, 0.25) is 20.2 Å². The number of nitrogens with zero attached hydrogens (tertiary/aromatic N) is 1. The van der Waals surface area contributed by atoms with Crippen LogP contribution in [0.5, 0.6) is 0 Å². The molecule has 0 saturated carbocycles. The third-order valence-electron chi connectivity index (χ3n) is 6.95. The Kier molecular flexibility index (Phi) is 7.89. The van der Waals surface area contributed by atoms with E-state index >= 15 is 0 Å². The highest BCUT2D eigenvalue weighted by molar-refractivity contribution is 6.74. The Hall–Kier alpha value is -1.76. The monoisotopic (exact) mass is 495 g/mol. The third-order valence-corrected chi connectivity index (χ3v) is 15.8. The van der Waals surface area contributed by atoms with E-state index in [4.69, 9.17) is 13.6 Å². The normalized spacial score (nSPS) is 19.9. The van der Waals surface area contributed by atoms with E-state index in [1.165, 1.54) is 13.1 Å². The fourth-order valence-corrected chi connectivity index (χ4v) is 4.81. The molecule has 0 aliphatic carbocycles. The first-order chi connectivity index (χ1) is 14.8. The van der Waals surface area contributed by atoms with E-state index in [-0.39, 0.29) is 27.5 Å². The zero-order valence-electron chi connectivity index (χ0n) is 22.0. The number of amides is 1. The van der Waals surface area contributed by atoms with Crippen LogP contribution >= 0.6 is 0 Å². The van der Waals surface area contributed by atoms with Crippen LogP contribution in [0.25, 0.3) is 0 Å². The van der Waals surface area contributed by atoms with Crippen molar-refractivity contribution >= 4 is 28.5 Å². The van der Waals surface area contributed by atoms with Crippen molar-refractivity contribution in [2.24, 2.45) is 0 Å². The summed E-state index contributed by atoms with van der Waals surface area (Å²) in [6.45, 7) is 23.6. The average Bonchev–Trinajstić information content (AvgIpc) is 2.99. The minimum atomic E-state index is -2.14. The Morgan fingerprint density at radius 2 is 1.70 bits per heavy atom. The lowest BCUT2D eigenvalue weighted by molar-refractivity contribution is -0.114. The summed E-state index contributed by atoms with van der Waals surface area (Å²) in [6.07, 6.45) is 2.28. The van der Waals surface area contributed by atoms with Gasteiger partial charge in [-0.15, -0.1) is 0 Å². The fraction of sp³-hybridized carbons (Fsp3) is 0.696. The first-order valence-corrected chi connectivity index (χ1v) is 17.2. The Balaban J connectivity index is 2.34. The molecule has 2 heterocycles. The van der Waals surface area contributed by atoms with E-state index in [2.05, 4.69) is 83.0 Å². The van der Waals surface area contributed by atoms with Crippen LogP contribution in [0.4, 0.5) is 5.95 Å². The highest BCUT2D eigenvalue weighted by Crippen LogP contribution is 2.42. The molecule has 0 unspecified atom stereocenters. The van der Waals surface area contributed by atoms with Gasteiger partial charge in [-0.2, -0.15) is 0 Å².